The number of carbonyl (C=O) groups excluding carboxylic acids is 1. The molecule has 0 bridgehead atoms. The van der Waals surface area contributed by atoms with E-state index < -0.39 is 23.8 Å². The molecule has 4 rings (SSSR count). The fourth-order valence-electron chi connectivity index (χ4n) is 4.45. The van der Waals surface area contributed by atoms with Crippen LogP contribution in [0, 0.1) is 11.6 Å². The van der Waals surface area contributed by atoms with E-state index in [4.69, 9.17) is 4.74 Å². The molecule has 0 aromatic heterocycles. The Kier molecular flexibility index (Phi) is 7.95. The Morgan fingerprint density at radius 2 is 1.68 bits per heavy atom. The summed E-state index contributed by atoms with van der Waals surface area (Å²) in [5.41, 5.74) is 1.24. The molecule has 7 heteroatoms. The standard InChI is InChI=1S/C30H34F2N2O3/c1-29(2,3)37-25-11-7-10-22(17-25)30(12-13-30)33-19-27(35)26(16-20-14-23(31)18-24(32)15-20)34-28(36)21-8-5-4-6-9-21/h4-11,14-15,17-18,26-27,33,35H,12-13,16,19H2,1-3H3,(H,34,36)/t26-,27-/m1/s1. The fourth-order valence-corrected chi connectivity index (χ4v) is 4.45. The zero-order chi connectivity index (χ0) is 26.6. The maximum atomic E-state index is 13.8. The number of benzene rings is 3. The molecule has 1 saturated carbocycles. The predicted octanol–water partition coefficient (Wildman–Crippen LogP) is 5.12. The molecule has 3 aromatic rings. The van der Waals surface area contributed by atoms with Crippen LogP contribution in [0.4, 0.5) is 8.78 Å². The Balaban J connectivity index is 1.48. The number of nitrogens with one attached hydrogen (secondary N) is 2. The second-order valence-corrected chi connectivity index (χ2v) is 10.7. The Hall–Kier alpha value is -3.29. The van der Waals surface area contributed by atoms with Gasteiger partial charge in [-0.05, 0) is 87.6 Å². The van der Waals surface area contributed by atoms with Crippen LogP contribution in [0.1, 0.15) is 55.1 Å². The van der Waals surface area contributed by atoms with Crippen molar-refractivity contribution in [1.29, 1.82) is 0 Å². The lowest BCUT2D eigenvalue weighted by molar-refractivity contribution is 0.0821. The highest BCUT2D eigenvalue weighted by Crippen LogP contribution is 2.46. The number of hydrogen-bond acceptors (Lipinski definition) is 4. The van der Waals surface area contributed by atoms with Gasteiger partial charge in [0.25, 0.3) is 5.91 Å². The van der Waals surface area contributed by atoms with Gasteiger partial charge in [-0.15, -0.1) is 0 Å². The van der Waals surface area contributed by atoms with Crippen LogP contribution in [-0.2, 0) is 12.0 Å². The average molecular weight is 509 g/mol. The molecule has 1 aliphatic rings. The van der Waals surface area contributed by atoms with E-state index in [9.17, 15) is 18.7 Å². The maximum absolute atomic E-state index is 13.8. The summed E-state index contributed by atoms with van der Waals surface area (Å²) < 4.78 is 33.7. The number of halogens is 2. The summed E-state index contributed by atoms with van der Waals surface area (Å²) in [7, 11) is 0. The van der Waals surface area contributed by atoms with Crippen LogP contribution < -0.4 is 15.4 Å². The van der Waals surface area contributed by atoms with Crippen LogP contribution in [0.5, 0.6) is 5.75 Å². The van der Waals surface area contributed by atoms with E-state index in [-0.39, 0.29) is 30.0 Å². The molecule has 196 valence electrons. The lowest BCUT2D eigenvalue weighted by Crippen LogP contribution is -2.50. The van der Waals surface area contributed by atoms with Crippen molar-refractivity contribution in [2.75, 3.05) is 6.54 Å². The van der Waals surface area contributed by atoms with Gasteiger partial charge in [-0.3, -0.25) is 4.79 Å². The molecule has 37 heavy (non-hydrogen) atoms. The fraction of sp³-hybridized carbons (Fsp3) is 0.367. The first-order valence-corrected chi connectivity index (χ1v) is 12.6. The second-order valence-electron chi connectivity index (χ2n) is 10.7. The van der Waals surface area contributed by atoms with E-state index in [1.54, 1.807) is 30.3 Å². The van der Waals surface area contributed by atoms with Crippen molar-refractivity contribution in [1.82, 2.24) is 10.6 Å². The van der Waals surface area contributed by atoms with Crippen molar-refractivity contribution < 1.29 is 23.4 Å². The van der Waals surface area contributed by atoms with Crippen LogP contribution in [0.15, 0.2) is 72.8 Å². The zero-order valence-corrected chi connectivity index (χ0v) is 21.4. The largest absolute Gasteiger partial charge is 0.488 e. The number of rotatable bonds is 10. The van der Waals surface area contributed by atoms with Crippen LogP contribution in [0.2, 0.25) is 0 Å². The summed E-state index contributed by atoms with van der Waals surface area (Å²) in [6.45, 7) is 6.17. The van der Waals surface area contributed by atoms with Gasteiger partial charge >= 0.3 is 0 Å². The van der Waals surface area contributed by atoms with Gasteiger partial charge in [0.1, 0.15) is 23.0 Å². The first kappa shape index (κ1) is 26.8. The minimum atomic E-state index is -1.01. The highest BCUT2D eigenvalue weighted by atomic mass is 19.1. The number of amides is 1. The van der Waals surface area contributed by atoms with Crippen LogP contribution in [-0.4, -0.2) is 35.3 Å². The van der Waals surface area contributed by atoms with Gasteiger partial charge < -0.3 is 20.5 Å². The number of hydrogen-bond donors (Lipinski definition) is 3. The monoisotopic (exact) mass is 508 g/mol. The molecule has 3 aromatic carbocycles. The van der Waals surface area contributed by atoms with E-state index in [0.717, 1.165) is 30.2 Å². The third kappa shape index (κ3) is 7.37. The normalized spacial score (nSPS) is 16.1. The number of ether oxygens (including phenoxy) is 1. The summed E-state index contributed by atoms with van der Waals surface area (Å²) in [5.74, 6) is -0.996. The molecule has 0 saturated heterocycles. The van der Waals surface area contributed by atoms with Crippen molar-refractivity contribution in [3.63, 3.8) is 0 Å². The third-order valence-corrected chi connectivity index (χ3v) is 6.41. The molecule has 3 N–H and O–H groups in total. The third-order valence-electron chi connectivity index (χ3n) is 6.41. The minimum Gasteiger partial charge on any atom is -0.488 e. The van der Waals surface area contributed by atoms with Gasteiger partial charge in [0.2, 0.25) is 0 Å². The summed E-state index contributed by atoms with van der Waals surface area (Å²) >= 11 is 0. The molecular formula is C30H34F2N2O3. The van der Waals surface area contributed by atoms with Gasteiger partial charge in [-0.25, -0.2) is 8.78 Å². The van der Waals surface area contributed by atoms with Gasteiger partial charge in [0.15, 0.2) is 0 Å². The van der Waals surface area contributed by atoms with Crippen molar-refractivity contribution in [3.05, 3.63) is 101 Å². The molecule has 0 heterocycles. The first-order chi connectivity index (χ1) is 17.5. The second kappa shape index (κ2) is 11.0. The van der Waals surface area contributed by atoms with Gasteiger partial charge in [0.05, 0.1) is 12.1 Å². The quantitative estimate of drug-likeness (QED) is 0.355. The van der Waals surface area contributed by atoms with E-state index in [1.807, 2.05) is 45.0 Å². The molecule has 2 atom stereocenters. The molecular weight excluding hydrogens is 474 g/mol. The molecule has 0 unspecified atom stereocenters. The lowest BCUT2D eigenvalue weighted by Gasteiger charge is -2.28. The van der Waals surface area contributed by atoms with Crippen molar-refractivity contribution >= 4 is 5.91 Å². The molecule has 0 radical (unpaired) electrons. The molecule has 0 spiro atoms. The summed E-state index contributed by atoms with van der Waals surface area (Å²) in [6.07, 6.45) is 0.854. The van der Waals surface area contributed by atoms with Crippen molar-refractivity contribution in [3.8, 4) is 5.75 Å². The summed E-state index contributed by atoms with van der Waals surface area (Å²) in [4.78, 5) is 12.9. The number of aliphatic hydroxyl groups excluding tert-OH is 1. The molecule has 1 fully saturated rings. The summed E-state index contributed by atoms with van der Waals surface area (Å²) in [6, 6.07) is 19.0. The predicted molar refractivity (Wildman–Crippen MR) is 140 cm³/mol. The molecule has 5 nitrogen and oxygen atoms in total. The Labute approximate surface area is 216 Å². The van der Waals surface area contributed by atoms with Crippen LogP contribution in [0.3, 0.4) is 0 Å². The maximum Gasteiger partial charge on any atom is 0.251 e. The smallest absolute Gasteiger partial charge is 0.251 e. The van der Waals surface area contributed by atoms with Crippen molar-refractivity contribution in [2.24, 2.45) is 0 Å². The van der Waals surface area contributed by atoms with E-state index in [2.05, 4.69) is 10.6 Å². The van der Waals surface area contributed by atoms with Crippen LogP contribution >= 0.6 is 0 Å². The Bertz CT molecular complexity index is 1200. The average Bonchev–Trinajstić information content (AvgIpc) is 3.62. The highest BCUT2D eigenvalue weighted by Gasteiger charge is 2.44. The topological polar surface area (TPSA) is 70.6 Å². The lowest BCUT2D eigenvalue weighted by atomic mass is 9.99. The van der Waals surface area contributed by atoms with Gasteiger partial charge in [-0.1, -0.05) is 30.3 Å². The van der Waals surface area contributed by atoms with E-state index >= 15 is 0 Å². The van der Waals surface area contributed by atoms with Crippen molar-refractivity contribution in [2.45, 2.75) is 63.3 Å². The van der Waals surface area contributed by atoms with Gasteiger partial charge in [0, 0.05) is 23.7 Å². The Morgan fingerprint density at radius 3 is 2.30 bits per heavy atom. The first-order valence-electron chi connectivity index (χ1n) is 12.6. The van der Waals surface area contributed by atoms with Crippen LogP contribution in [0.25, 0.3) is 0 Å². The van der Waals surface area contributed by atoms with E-state index in [1.165, 1.54) is 12.1 Å². The van der Waals surface area contributed by atoms with Gasteiger partial charge in [-0.2, -0.15) is 0 Å². The molecule has 1 aliphatic carbocycles. The number of aliphatic hydroxyl groups is 1. The summed E-state index contributed by atoms with van der Waals surface area (Å²) in [5, 5.41) is 17.5. The van der Waals surface area contributed by atoms with E-state index in [0.29, 0.717) is 11.1 Å². The SMILES string of the molecule is CC(C)(C)Oc1cccc(C2(NC[C@@H](O)[C@@H](Cc3cc(F)cc(F)c3)NC(=O)c3ccccc3)CC2)c1. The molecule has 1 amide bonds. The molecule has 0 aliphatic heterocycles. The number of carbonyl (C=O) groups is 1. The zero-order valence-electron chi connectivity index (χ0n) is 21.4. The Morgan fingerprint density at radius 1 is 1.00 bits per heavy atom. The minimum absolute atomic E-state index is 0.0675. The highest BCUT2D eigenvalue weighted by molar-refractivity contribution is 5.94.